The maximum absolute atomic E-state index is 12.0. The van der Waals surface area contributed by atoms with Crippen molar-refractivity contribution < 1.29 is 9.53 Å². The van der Waals surface area contributed by atoms with Crippen LogP contribution in [0.3, 0.4) is 0 Å². The number of carbonyl (C=O) groups is 1. The molecule has 0 atom stereocenters. The van der Waals surface area contributed by atoms with Crippen LogP contribution < -0.4 is 15.4 Å². The molecule has 1 aromatic heterocycles. The zero-order chi connectivity index (χ0) is 16.7. The second kappa shape index (κ2) is 8.17. The smallest absolute Gasteiger partial charge is 0.252 e. The summed E-state index contributed by atoms with van der Waals surface area (Å²) in [6, 6.07) is 9.47. The van der Waals surface area contributed by atoms with Gasteiger partial charge in [-0.05, 0) is 50.6 Å². The minimum absolute atomic E-state index is 0.108. The summed E-state index contributed by atoms with van der Waals surface area (Å²) in [5, 5.41) is 6.08. The fraction of sp³-hybridized carbons (Fsp3) is 0.333. The van der Waals surface area contributed by atoms with Crippen LogP contribution in [0.2, 0.25) is 0 Å². The van der Waals surface area contributed by atoms with Crippen molar-refractivity contribution in [1.29, 1.82) is 0 Å². The van der Waals surface area contributed by atoms with Crippen LogP contribution in [0.15, 0.2) is 42.7 Å². The fourth-order valence-corrected chi connectivity index (χ4v) is 2.03. The number of amides is 1. The van der Waals surface area contributed by atoms with Crippen LogP contribution >= 0.6 is 0 Å². The van der Waals surface area contributed by atoms with Crippen LogP contribution in [-0.2, 0) is 0 Å². The highest BCUT2D eigenvalue weighted by atomic mass is 16.5. The predicted octanol–water partition coefficient (Wildman–Crippen LogP) is 3.75. The Bertz CT molecular complexity index is 639. The standard InChI is InChI=1S/C18H23N3O2/c1-4-9-20-18(22)14-10-16(12-19-11-14)21-15-5-7-17(8-6-15)23-13(2)3/h5-8,10-13,21H,4,9H2,1-3H3,(H,20,22). The van der Waals surface area contributed by atoms with Gasteiger partial charge in [0.1, 0.15) is 5.75 Å². The molecule has 0 radical (unpaired) electrons. The summed E-state index contributed by atoms with van der Waals surface area (Å²) in [6.07, 6.45) is 4.31. The molecule has 0 aliphatic carbocycles. The quantitative estimate of drug-likeness (QED) is 0.817. The van der Waals surface area contributed by atoms with Crippen molar-refractivity contribution in [2.24, 2.45) is 0 Å². The molecule has 2 N–H and O–H groups in total. The molecular formula is C18H23N3O2. The number of benzene rings is 1. The van der Waals surface area contributed by atoms with Crippen LogP contribution in [0.5, 0.6) is 5.75 Å². The van der Waals surface area contributed by atoms with Gasteiger partial charge >= 0.3 is 0 Å². The van der Waals surface area contributed by atoms with E-state index in [9.17, 15) is 4.79 Å². The zero-order valence-electron chi connectivity index (χ0n) is 13.8. The van der Waals surface area contributed by atoms with Crippen molar-refractivity contribution in [3.8, 4) is 5.75 Å². The van der Waals surface area contributed by atoms with Gasteiger partial charge in [0.15, 0.2) is 0 Å². The number of pyridine rings is 1. The summed E-state index contributed by atoms with van der Waals surface area (Å²) in [4.78, 5) is 16.1. The summed E-state index contributed by atoms with van der Waals surface area (Å²) in [5.41, 5.74) is 2.23. The van der Waals surface area contributed by atoms with E-state index in [1.165, 1.54) is 0 Å². The van der Waals surface area contributed by atoms with Crippen molar-refractivity contribution in [3.05, 3.63) is 48.3 Å². The third kappa shape index (κ3) is 5.29. The number of carbonyl (C=O) groups excluding carboxylic acids is 1. The van der Waals surface area contributed by atoms with E-state index in [4.69, 9.17) is 4.74 Å². The molecule has 1 aromatic carbocycles. The molecule has 0 spiro atoms. The van der Waals surface area contributed by atoms with Crippen LogP contribution in [-0.4, -0.2) is 23.5 Å². The molecular weight excluding hydrogens is 290 g/mol. The van der Waals surface area contributed by atoms with E-state index in [0.29, 0.717) is 12.1 Å². The number of hydrogen-bond acceptors (Lipinski definition) is 4. The third-order valence-corrected chi connectivity index (χ3v) is 3.05. The molecule has 0 bridgehead atoms. The van der Waals surface area contributed by atoms with Gasteiger partial charge in [-0.2, -0.15) is 0 Å². The minimum atomic E-state index is -0.108. The molecule has 0 unspecified atom stereocenters. The van der Waals surface area contributed by atoms with E-state index < -0.39 is 0 Å². The SMILES string of the molecule is CCCNC(=O)c1cncc(Nc2ccc(OC(C)C)cc2)c1. The molecule has 5 nitrogen and oxygen atoms in total. The summed E-state index contributed by atoms with van der Waals surface area (Å²) >= 11 is 0. The Labute approximate surface area is 137 Å². The monoisotopic (exact) mass is 313 g/mol. The number of rotatable bonds is 7. The topological polar surface area (TPSA) is 63.2 Å². The summed E-state index contributed by atoms with van der Waals surface area (Å²) in [6.45, 7) is 6.66. The zero-order valence-corrected chi connectivity index (χ0v) is 13.8. The number of anilines is 2. The van der Waals surface area contributed by atoms with Crippen molar-refractivity contribution in [2.45, 2.75) is 33.3 Å². The van der Waals surface area contributed by atoms with Gasteiger partial charge in [-0.15, -0.1) is 0 Å². The predicted molar refractivity (Wildman–Crippen MR) is 92.3 cm³/mol. The van der Waals surface area contributed by atoms with E-state index in [1.807, 2.05) is 45.0 Å². The Kier molecular flexibility index (Phi) is 5.97. The number of aromatic nitrogens is 1. The highest BCUT2D eigenvalue weighted by molar-refractivity contribution is 5.94. The first-order valence-corrected chi connectivity index (χ1v) is 7.85. The Morgan fingerprint density at radius 1 is 1.17 bits per heavy atom. The highest BCUT2D eigenvalue weighted by Gasteiger charge is 2.06. The molecule has 0 saturated carbocycles. The Morgan fingerprint density at radius 2 is 1.91 bits per heavy atom. The average molecular weight is 313 g/mol. The lowest BCUT2D eigenvalue weighted by molar-refractivity contribution is 0.0953. The molecule has 5 heteroatoms. The van der Waals surface area contributed by atoms with E-state index in [1.54, 1.807) is 18.5 Å². The molecule has 23 heavy (non-hydrogen) atoms. The molecule has 0 aliphatic rings. The van der Waals surface area contributed by atoms with Gasteiger partial charge in [0.25, 0.3) is 5.91 Å². The van der Waals surface area contributed by atoms with E-state index in [-0.39, 0.29) is 12.0 Å². The number of ether oxygens (including phenoxy) is 1. The summed E-state index contributed by atoms with van der Waals surface area (Å²) in [5.74, 6) is 0.722. The Balaban J connectivity index is 2.03. The molecule has 1 amide bonds. The third-order valence-electron chi connectivity index (χ3n) is 3.05. The molecule has 2 aromatic rings. The first-order valence-electron chi connectivity index (χ1n) is 7.85. The maximum Gasteiger partial charge on any atom is 0.252 e. The van der Waals surface area contributed by atoms with E-state index in [2.05, 4.69) is 15.6 Å². The van der Waals surface area contributed by atoms with Gasteiger partial charge in [0, 0.05) is 18.4 Å². The minimum Gasteiger partial charge on any atom is -0.491 e. The molecule has 122 valence electrons. The summed E-state index contributed by atoms with van der Waals surface area (Å²) < 4.78 is 5.61. The lowest BCUT2D eigenvalue weighted by Crippen LogP contribution is -2.24. The largest absolute Gasteiger partial charge is 0.491 e. The van der Waals surface area contributed by atoms with Crippen molar-refractivity contribution in [3.63, 3.8) is 0 Å². The summed E-state index contributed by atoms with van der Waals surface area (Å²) in [7, 11) is 0. The number of nitrogens with zero attached hydrogens (tertiary/aromatic N) is 1. The van der Waals surface area contributed by atoms with Crippen LogP contribution in [0, 0.1) is 0 Å². The highest BCUT2D eigenvalue weighted by Crippen LogP contribution is 2.20. The van der Waals surface area contributed by atoms with Gasteiger partial charge in [-0.3, -0.25) is 9.78 Å². The molecule has 1 heterocycles. The lowest BCUT2D eigenvalue weighted by Gasteiger charge is -2.11. The van der Waals surface area contributed by atoms with Gasteiger partial charge in [-0.1, -0.05) is 6.92 Å². The van der Waals surface area contributed by atoms with E-state index in [0.717, 1.165) is 23.5 Å². The molecule has 0 saturated heterocycles. The van der Waals surface area contributed by atoms with E-state index >= 15 is 0 Å². The van der Waals surface area contributed by atoms with Gasteiger partial charge in [0.2, 0.25) is 0 Å². The normalized spacial score (nSPS) is 10.4. The Hall–Kier alpha value is -2.56. The average Bonchev–Trinajstić information content (AvgIpc) is 2.54. The first kappa shape index (κ1) is 16.8. The van der Waals surface area contributed by atoms with Crippen molar-refractivity contribution >= 4 is 17.3 Å². The van der Waals surface area contributed by atoms with Crippen LogP contribution in [0.25, 0.3) is 0 Å². The second-order valence-electron chi connectivity index (χ2n) is 5.53. The Morgan fingerprint density at radius 3 is 2.57 bits per heavy atom. The fourth-order valence-electron chi connectivity index (χ4n) is 2.03. The van der Waals surface area contributed by atoms with Gasteiger partial charge in [0.05, 0.1) is 23.6 Å². The van der Waals surface area contributed by atoms with Crippen molar-refractivity contribution in [2.75, 3.05) is 11.9 Å². The van der Waals surface area contributed by atoms with Crippen LogP contribution in [0.4, 0.5) is 11.4 Å². The molecule has 2 rings (SSSR count). The second-order valence-corrected chi connectivity index (χ2v) is 5.53. The molecule has 0 aliphatic heterocycles. The van der Waals surface area contributed by atoms with Gasteiger partial charge < -0.3 is 15.4 Å². The van der Waals surface area contributed by atoms with Crippen LogP contribution in [0.1, 0.15) is 37.6 Å². The number of hydrogen-bond donors (Lipinski definition) is 2. The van der Waals surface area contributed by atoms with Gasteiger partial charge in [-0.25, -0.2) is 0 Å². The maximum atomic E-state index is 12.0. The lowest BCUT2D eigenvalue weighted by atomic mass is 10.2. The first-order chi connectivity index (χ1) is 11.1. The molecule has 0 fully saturated rings. The van der Waals surface area contributed by atoms with Crippen molar-refractivity contribution in [1.82, 2.24) is 10.3 Å². The number of nitrogens with one attached hydrogen (secondary N) is 2.